The summed E-state index contributed by atoms with van der Waals surface area (Å²) < 4.78 is 4.99. The van der Waals surface area contributed by atoms with Crippen molar-refractivity contribution in [2.45, 2.75) is 6.92 Å². The SMILES string of the molecule is Cc1nnoc1-c1ccccc1. The second kappa shape index (κ2) is 2.77. The average Bonchev–Trinajstić information content (AvgIpc) is 2.53. The molecule has 0 radical (unpaired) electrons. The van der Waals surface area contributed by atoms with Gasteiger partial charge in [0.15, 0.2) is 5.76 Å². The summed E-state index contributed by atoms with van der Waals surface area (Å²) in [5, 5.41) is 7.25. The Bertz CT molecular complexity index is 367. The van der Waals surface area contributed by atoms with E-state index in [0.29, 0.717) is 0 Å². The van der Waals surface area contributed by atoms with Crippen molar-refractivity contribution in [3.63, 3.8) is 0 Å². The van der Waals surface area contributed by atoms with Crippen molar-refractivity contribution in [3.8, 4) is 11.3 Å². The number of benzene rings is 1. The number of aryl methyl sites for hydroxylation is 1. The van der Waals surface area contributed by atoms with E-state index in [1.807, 2.05) is 37.3 Å². The van der Waals surface area contributed by atoms with Gasteiger partial charge in [-0.05, 0) is 6.92 Å². The molecule has 1 aromatic carbocycles. The number of hydrogen-bond donors (Lipinski definition) is 0. The van der Waals surface area contributed by atoms with Crippen LogP contribution in [0.2, 0.25) is 0 Å². The minimum Gasteiger partial charge on any atom is -0.337 e. The highest BCUT2D eigenvalue weighted by atomic mass is 16.5. The first kappa shape index (κ1) is 7.03. The van der Waals surface area contributed by atoms with Gasteiger partial charge in [-0.2, -0.15) is 0 Å². The zero-order valence-corrected chi connectivity index (χ0v) is 6.69. The Morgan fingerprint density at radius 1 is 1.17 bits per heavy atom. The fraction of sp³-hybridized carbons (Fsp3) is 0.111. The molecule has 0 aliphatic carbocycles. The Morgan fingerprint density at radius 2 is 1.92 bits per heavy atom. The van der Waals surface area contributed by atoms with Crippen LogP contribution in [0.5, 0.6) is 0 Å². The lowest BCUT2D eigenvalue weighted by Crippen LogP contribution is -1.76. The van der Waals surface area contributed by atoms with Gasteiger partial charge in [-0.3, -0.25) is 0 Å². The van der Waals surface area contributed by atoms with E-state index in [1.54, 1.807) is 0 Å². The van der Waals surface area contributed by atoms with E-state index < -0.39 is 0 Å². The summed E-state index contributed by atoms with van der Waals surface area (Å²) in [7, 11) is 0. The van der Waals surface area contributed by atoms with Gasteiger partial charge in [-0.25, -0.2) is 0 Å². The Kier molecular flexibility index (Phi) is 1.63. The quantitative estimate of drug-likeness (QED) is 0.640. The van der Waals surface area contributed by atoms with Gasteiger partial charge in [0.2, 0.25) is 0 Å². The van der Waals surface area contributed by atoms with Crippen LogP contribution in [0.3, 0.4) is 0 Å². The molecule has 60 valence electrons. The van der Waals surface area contributed by atoms with Crippen molar-refractivity contribution >= 4 is 0 Å². The monoisotopic (exact) mass is 160 g/mol. The van der Waals surface area contributed by atoms with Crippen LogP contribution in [-0.2, 0) is 0 Å². The highest BCUT2D eigenvalue weighted by Crippen LogP contribution is 2.19. The maximum atomic E-state index is 4.99. The van der Waals surface area contributed by atoms with Crippen LogP contribution >= 0.6 is 0 Å². The molecule has 1 heterocycles. The molecule has 0 aliphatic rings. The van der Waals surface area contributed by atoms with E-state index in [1.165, 1.54) is 0 Å². The second-order valence-electron chi connectivity index (χ2n) is 2.55. The first-order valence-electron chi connectivity index (χ1n) is 3.72. The summed E-state index contributed by atoms with van der Waals surface area (Å²) in [4.78, 5) is 0. The summed E-state index contributed by atoms with van der Waals surface area (Å²) in [6.07, 6.45) is 0. The molecule has 0 N–H and O–H groups in total. The molecule has 0 saturated heterocycles. The number of aromatic nitrogens is 2. The highest BCUT2D eigenvalue weighted by molar-refractivity contribution is 5.58. The molecule has 0 bridgehead atoms. The Morgan fingerprint density at radius 3 is 2.50 bits per heavy atom. The second-order valence-corrected chi connectivity index (χ2v) is 2.55. The first-order valence-corrected chi connectivity index (χ1v) is 3.72. The molecule has 0 unspecified atom stereocenters. The fourth-order valence-corrected chi connectivity index (χ4v) is 1.09. The summed E-state index contributed by atoms with van der Waals surface area (Å²) >= 11 is 0. The van der Waals surface area contributed by atoms with Crippen molar-refractivity contribution in [2.24, 2.45) is 0 Å². The van der Waals surface area contributed by atoms with E-state index in [-0.39, 0.29) is 0 Å². The van der Waals surface area contributed by atoms with Crippen LogP contribution in [-0.4, -0.2) is 10.4 Å². The third kappa shape index (κ3) is 1.09. The highest BCUT2D eigenvalue weighted by Gasteiger charge is 2.06. The standard InChI is InChI=1S/C9H8N2O/c1-7-9(12-11-10-7)8-5-3-2-4-6-8/h2-6H,1H3. The lowest BCUT2D eigenvalue weighted by atomic mass is 10.1. The summed E-state index contributed by atoms with van der Waals surface area (Å²) in [6.45, 7) is 1.87. The van der Waals surface area contributed by atoms with Gasteiger partial charge in [0.05, 0.1) is 0 Å². The smallest absolute Gasteiger partial charge is 0.190 e. The van der Waals surface area contributed by atoms with Gasteiger partial charge < -0.3 is 4.52 Å². The molecule has 0 saturated carbocycles. The molecule has 0 fully saturated rings. The molecule has 3 nitrogen and oxygen atoms in total. The van der Waals surface area contributed by atoms with Crippen molar-refractivity contribution in [1.82, 2.24) is 10.4 Å². The van der Waals surface area contributed by atoms with E-state index in [4.69, 9.17) is 4.52 Å². The zero-order chi connectivity index (χ0) is 8.39. The van der Waals surface area contributed by atoms with Crippen LogP contribution < -0.4 is 0 Å². The zero-order valence-electron chi connectivity index (χ0n) is 6.69. The van der Waals surface area contributed by atoms with E-state index in [2.05, 4.69) is 10.4 Å². The lowest BCUT2D eigenvalue weighted by Gasteiger charge is -1.92. The Balaban J connectivity index is 2.51. The molecule has 3 heteroatoms. The van der Waals surface area contributed by atoms with Crippen molar-refractivity contribution in [1.29, 1.82) is 0 Å². The molecular formula is C9H8N2O. The Labute approximate surface area is 70.0 Å². The molecule has 12 heavy (non-hydrogen) atoms. The van der Waals surface area contributed by atoms with Gasteiger partial charge >= 0.3 is 0 Å². The summed E-state index contributed by atoms with van der Waals surface area (Å²) in [5.74, 6) is 0.746. The van der Waals surface area contributed by atoms with Gasteiger partial charge in [0, 0.05) is 10.8 Å². The van der Waals surface area contributed by atoms with E-state index in [0.717, 1.165) is 17.0 Å². The molecule has 0 spiro atoms. The number of nitrogens with zero attached hydrogens (tertiary/aromatic N) is 2. The lowest BCUT2D eigenvalue weighted by molar-refractivity contribution is 0.403. The van der Waals surface area contributed by atoms with Crippen molar-refractivity contribution in [2.75, 3.05) is 0 Å². The minimum atomic E-state index is 0.746. The van der Waals surface area contributed by atoms with Gasteiger partial charge in [0.1, 0.15) is 5.69 Å². The third-order valence-electron chi connectivity index (χ3n) is 1.69. The van der Waals surface area contributed by atoms with Gasteiger partial charge in [0.25, 0.3) is 0 Å². The van der Waals surface area contributed by atoms with E-state index >= 15 is 0 Å². The number of rotatable bonds is 1. The molecule has 0 aliphatic heterocycles. The molecule has 0 amide bonds. The third-order valence-corrected chi connectivity index (χ3v) is 1.69. The topological polar surface area (TPSA) is 38.9 Å². The predicted octanol–water partition coefficient (Wildman–Crippen LogP) is 2.05. The predicted molar refractivity (Wildman–Crippen MR) is 44.5 cm³/mol. The average molecular weight is 160 g/mol. The molecule has 2 aromatic rings. The summed E-state index contributed by atoms with van der Waals surface area (Å²) in [5.41, 5.74) is 1.83. The number of hydrogen-bond acceptors (Lipinski definition) is 3. The van der Waals surface area contributed by atoms with Gasteiger partial charge in [-0.1, -0.05) is 30.3 Å². The van der Waals surface area contributed by atoms with Crippen LogP contribution in [0.15, 0.2) is 34.9 Å². The summed E-state index contributed by atoms with van der Waals surface area (Å²) in [6, 6.07) is 9.81. The maximum Gasteiger partial charge on any atom is 0.190 e. The van der Waals surface area contributed by atoms with Crippen molar-refractivity contribution < 1.29 is 4.52 Å². The Hall–Kier alpha value is -1.64. The molecule has 2 rings (SSSR count). The normalized spacial score (nSPS) is 10.1. The van der Waals surface area contributed by atoms with Crippen LogP contribution in [0, 0.1) is 6.92 Å². The maximum absolute atomic E-state index is 4.99. The van der Waals surface area contributed by atoms with Crippen LogP contribution in [0.1, 0.15) is 5.69 Å². The fourth-order valence-electron chi connectivity index (χ4n) is 1.09. The van der Waals surface area contributed by atoms with Gasteiger partial charge in [-0.15, -0.1) is 5.10 Å². The van der Waals surface area contributed by atoms with Crippen molar-refractivity contribution in [3.05, 3.63) is 36.0 Å². The largest absolute Gasteiger partial charge is 0.337 e. The minimum absolute atomic E-state index is 0.746. The molecule has 0 atom stereocenters. The first-order chi connectivity index (χ1) is 5.88. The van der Waals surface area contributed by atoms with Crippen LogP contribution in [0.4, 0.5) is 0 Å². The van der Waals surface area contributed by atoms with E-state index in [9.17, 15) is 0 Å². The molecule has 1 aromatic heterocycles. The van der Waals surface area contributed by atoms with Crippen LogP contribution in [0.25, 0.3) is 11.3 Å². The molecular weight excluding hydrogens is 152 g/mol.